The molecule has 0 saturated heterocycles. The third-order valence-corrected chi connectivity index (χ3v) is 9.23. The second-order valence-corrected chi connectivity index (χ2v) is 13.5. The van der Waals surface area contributed by atoms with Crippen LogP contribution in [0.4, 0.5) is 20.5 Å². The summed E-state index contributed by atoms with van der Waals surface area (Å²) in [6.45, 7) is 1.52. The van der Waals surface area contributed by atoms with Gasteiger partial charge in [0.15, 0.2) is 0 Å². The van der Waals surface area contributed by atoms with E-state index in [-0.39, 0.29) is 30.3 Å². The highest BCUT2D eigenvalue weighted by Crippen LogP contribution is 2.44. The van der Waals surface area contributed by atoms with Crippen LogP contribution in [0.1, 0.15) is 42.1 Å². The van der Waals surface area contributed by atoms with Crippen molar-refractivity contribution in [2.45, 2.75) is 62.9 Å². The zero-order valence-electron chi connectivity index (χ0n) is 22.7. The van der Waals surface area contributed by atoms with Crippen LogP contribution in [0.5, 0.6) is 0 Å². The number of thiazole rings is 1. The van der Waals surface area contributed by atoms with Crippen molar-refractivity contribution in [1.29, 1.82) is 0 Å². The maximum Gasteiger partial charge on any atom is 0.225 e. The molecule has 2 saturated carbocycles. The van der Waals surface area contributed by atoms with Gasteiger partial charge < -0.3 is 20.8 Å². The van der Waals surface area contributed by atoms with Crippen molar-refractivity contribution in [2.75, 3.05) is 16.9 Å². The number of pyridine rings is 1. The van der Waals surface area contributed by atoms with Gasteiger partial charge in [-0.3, -0.25) is 4.98 Å². The van der Waals surface area contributed by atoms with Crippen LogP contribution in [0.3, 0.4) is 0 Å². The summed E-state index contributed by atoms with van der Waals surface area (Å²) in [5, 5.41) is 28.0. The first kappa shape index (κ1) is 28.7. The van der Waals surface area contributed by atoms with Gasteiger partial charge in [0.05, 0.1) is 46.1 Å². The number of hydrogen-bond donors (Lipinski definition) is 5. The maximum absolute atomic E-state index is 14.3. The van der Waals surface area contributed by atoms with Crippen molar-refractivity contribution >= 4 is 43.3 Å². The molecule has 0 radical (unpaired) electrons. The number of aliphatic hydroxyl groups excluding tert-OH is 2. The lowest BCUT2D eigenvalue weighted by molar-refractivity contribution is 0.0299. The van der Waals surface area contributed by atoms with Gasteiger partial charge in [-0.05, 0) is 44.4 Å². The Balaban J connectivity index is 1.38. The number of rotatable bonds is 9. The quantitative estimate of drug-likeness (QED) is 0.189. The second-order valence-electron chi connectivity index (χ2n) is 10.7. The zero-order valence-corrected chi connectivity index (χ0v) is 24.3. The average molecular weight is 618 g/mol. The SMILES string of the molecule is Cc1nc(NCc2c(F)cccc2F)nc(N[C@@H]2C[C@H](NS(C)(=O)=O)[C@@H](O)[C@H]2O)c1-c1nc2c(C3CC3)nccc2s1. The molecule has 1 aromatic carbocycles. The Morgan fingerprint density at radius 2 is 1.76 bits per heavy atom. The minimum atomic E-state index is -3.65. The van der Waals surface area contributed by atoms with E-state index in [1.54, 1.807) is 13.1 Å². The number of anilines is 2. The summed E-state index contributed by atoms with van der Waals surface area (Å²) in [6.07, 6.45) is 2.24. The van der Waals surface area contributed by atoms with Crippen molar-refractivity contribution < 1.29 is 27.4 Å². The van der Waals surface area contributed by atoms with Gasteiger partial charge in [0.25, 0.3) is 0 Å². The van der Waals surface area contributed by atoms with Crippen LogP contribution in [-0.4, -0.2) is 69.1 Å². The molecule has 5 N–H and O–H groups in total. The summed E-state index contributed by atoms with van der Waals surface area (Å²) in [5.41, 5.74) is 2.62. The van der Waals surface area contributed by atoms with Crippen molar-refractivity contribution in [2.24, 2.45) is 0 Å². The van der Waals surface area contributed by atoms with Gasteiger partial charge in [-0.2, -0.15) is 4.98 Å². The van der Waals surface area contributed by atoms with E-state index in [1.807, 2.05) is 6.07 Å². The number of aromatic nitrogens is 4. The fraction of sp³-hybridized carbons (Fsp3) is 0.407. The minimum Gasteiger partial charge on any atom is -0.389 e. The molecule has 42 heavy (non-hydrogen) atoms. The number of aliphatic hydroxyl groups is 2. The summed E-state index contributed by atoms with van der Waals surface area (Å²) >= 11 is 1.43. The average Bonchev–Trinajstić information content (AvgIpc) is 3.62. The van der Waals surface area contributed by atoms with E-state index in [0.29, 0.717) is 22.2 Å². The standard InChI is InChI=1S/C27H29F2N7O4S2/c1-12-20(26-34-22-19(41-26)8-9-30-21(22)13-6-7-13)25(33-17-10-18(24(38)23(17)37)36-42(2,39)40)35-27(32-12)31-11-14-15(28)4-3-5-16(14)29/h3-5,8-9,13,17-18,23-24,36-38H,6-7,10-11H2,1-2H3,(H2,31,32,33,35)/t17-,18+,23+,24-/m1/s1. The molecule has 222 valence electrons. The number of benzene rings is 1. The van der Waals surface area contributed by atoms with E-state index in [1.165, 1.54) is 17.4 Å². The smallest absolute Gasteiger partial charge is 0.225 e. The van der Waals surface area contributed by atoms with Crippen LogP contribution < -0.4 is 15.4 Å². The van der Waals surface area contributed by atoms with Gasteiger partial charge in [0.2, 0.25) is 16.0 Å². The molecule has 2 aliphatic rings. The highest BCUT2D eigenvalue weighted by Gasteiger charge is 2.43. The van der Waals surface area contributed by atoms with Crippen molar-refractivity contribution in [1.82, 2.24) is 24.7 Å². The van der Waals surface area contributed by atoms with Gasteiger partial charge in [0, 0.05) is 24.2 Å². The molecular formula is C27H29F2N7O4S2. The molecule has 2 fully saturated rings. The highest BCUT2D eigenvalue weighted by molar-refractivity contribution is 7.88. The Bertz CT molecular complexity index is 1750. The van der Waals surface area contributed by atoms with E-state index in [2.05, 4.69) is 30.3 Å². The van der Waals surface area contributed by atoms with E-state index in [9.17, 15) is 27.4 Å². The first-order chi connectivity index (χ1) is 20.0. The summed E-state index contributed by atoms with van der Waals surface area (Å²) in [5.74, 6) is -0.720. The van der Waals surface area contributed by atoms with Crippen LogP contribution in [0.25, 0.3) is 20.8 Å². The molecule has 3 aromatic heterocycles. The molecule has 0 amide bonds. The van der Waals surface area contributed by atoms with Crippen LogP contribution in [0.15, 0.2) is 30.5 Å². The number of halogens is 2. The molecule has 0 spiro atoms. The lowest BCUT2D eigenvalue weighted by Gasteiger charge is -2.21. The number of nitrogens with zero attached hydrogens (tertiary/aromatic N) is 4. The molecule has 15 heteroatoms. The van der Waals surface area contributed by atoms with E-state index >= 15 is 0 Å². The summed E-state index contributed by atoms with van der Waals surface area (Å²) in [6, 6.07) is 3.78. The van der Waals surface area contributed by atoms with E-state index in [4.69, 9.17) is 4.98 Å². The predicted molar refractivity (Wildman–Crippen MR) is 155 cm³/mol. The minimum absolute atomic E-state index is 0.0662. The third kappa shape index (κ3) is 5.79. The fourth-order valence-electron chi connectivity index (χ4n) is 5.26. The normalized spacial score (nSPS) is 22.5. The highest BCUT2D eigenvalue weighted by atomic mass is 32.2. The molecule has 4 atom stereocenters. The van der Waals surface area contributed by atoms with Gasteiger partial charge in [-0.15, -0.1) is 11.3 Å². The van der Waals surface area contributed by atoms with Gasteiger partial charge >= 0.3 is 0 Å². The molecule has 3 heterocycles. The lowest BCUT2D eigenvalue weighted by atomic mass is 10.1. The van der Waals surface area contributed by atoms with Crippen molar-refractivity contribution in [3.8, 4) is 10.6 Å². The second kappa shape index (κ2) is 11.0. The Morgan fingerprint density at radius 1 is 1.05 bits per heavy atom. The summed E-state index contributed by atoms with van der Waals surface area (Å²) in [7, 11) is -3.65. The van der Waals surface area contributed by atoms with Crippen molar-refractivity contribution in [3.05, 3.63) is 59.0 Å². The molecular weight excluding hydrogens is 588 g/mol. The molecule has 6 rings (SSSR count). The van der Waals surface area contributed by atoms with Gasteiger partial charge in [-0.25, -0.2) is 31.9 Å². The molecule has 0 aliphatic heterocycles. The fourth-order valence-corrected chi connectivity index (χ4v) is 7.11. The van der Waals surface area contributed by atoms with Crippen LogP contribution in [0, 0.1) is 18.6 Å². The van der Waals surface area contributed by atoms with Crippen LogP contribution in [-0.2, 0) is 16.6 Å². The number of aryl methyl sites for hydroxylation is 1. The van der Waals surface area contributed by atoms with Crippen LogP contribution in [0.2, 0.25) is 0 Å². The Morgan fingerprint density at radius 3 is 2.45 bits per heavy atom. The summed E-state index contributed by atoms with van der Waals surface area (Å²) < 4.78 is 55.4. The number of hydrogen-bond acceptors (Lipinski definition) is 11. The maximum atomic E-state index is 14.3. The molecule has 0 bridgehead atoms. The van der Waals surface area contributed by atoms with Crippen LogP contribution >= 0.6 is 11.3 Å². The third-order valence-electron chi connectivity index (χ3n) is 7.46. The van der Waals surface area contributed by atoms with E-state index < -0.39 is 45.9 Å². The van der Waals surface area contributed by atoms with Crippen molar-refractivity contribution in [3.63, 3.8) is 0 Å². The number of nitrogens with one attached hydrogen (secondary N) is 3. The molecule has 2 aliphatic carbocycles. The van der Waals surface area contributed by atoms with Gasteiger partial charge in [-0.1, -0.05) is 6.07 Å². The van der Waals surface area contributed by atoms with E-state index in [0.717, 1.165) is 47.1 Å². The Labute approximate surface area is 244 Å². The predicted octanol–water partition coefficient (Wildman–Crippen LogP) is 3.05. The van der Waals surface area contributed by atoms with Gasteiger partial charge in [0.1, 0.15) is 34.1 Å². The monoisotopic (exact) mass is 617 g/mol. The topological polar surface area (TPSA) is 162 Å². The molecule has 4 aromatic rings. The zero-order chi connectivity index (χ0) is 29.8. The first-order valence-electron chi connectivity index (χ1n) is 13.4. The summed E-state index contributed by atoms with van der Waals surface area (Å²) in [4.78, 5) is 18.6. The number of fused-ring (bicyclic) bond motifs is 1. The number of sulfonamides is 1. The largest absolute Gasteiger partial charge is 0.389 e. The Kier molecular flexibility index (Phi) is 7.55. The molecule has 0 unspecified atom stereocenters. The Hall–Kier alpha value is -3.37. The molecule has 11 nitrogen and oxygen atoms in total. The lowest BCUT2D eigenvalue weighted by Crippen LogP contribution is -2.42. The first-order valence-corrected chi connectivity index (χ1v) is 16.1.